The van der Waals surface area contributed by atoms with Gasteiger partial charge in [-0.3, -0.25) is 14.4 Å². The minimum Gasteiger partial charge on any atom is -0.356 e. The first-order chi connectivity index (χ1) is 21.2. The van der Waals surface area contributed by atoms with Gasteiger partial charge < -0.3 is 16.0 Å². The van der Waals surface area contributed by atoms with Gasteiger partial charge in [0.15, 0.2) is 0 Å². The topological polar surface area (TPSA) is 108 Å². The second kappa shape index (κ2) is 31.3. The first-order valence-electron chi connectivity index (χ1n) is 18.6. The third-order valence-electron chi connectivity index (χ3n) is 8.31. The monoisotopic (exact) mass is 626 g/mol. The summed E-state index contributed by atoms with van der Waals surface area (Å²) in [5.74, 6) is -0.233. The molecule has 8 nitrogen and oxygen atoms in total. The van der Waals surface area contributed by atoms with Crippen LogP contribution in [-0.4, -0.2) is 67.8 Å². The van der Waals surface area contributed by atoms with E-state index in [1.807, 2.05) is 0 Å². The summed E-state index contributed by atoms with van der Waals surface area (Å²) in [6, 6.07) is 0. The third-order valence-corrected chi connectivity index (χ3v) is 8.31. The van der Waals surface area contributed by atoms with Crippen molar-refractivity contribution in [1.29, 1.82) is 0 Å². The van der Waals surface area contributed by atoms with Crippen LogP contribution in [0.25, 0.3) is 0 Å². The maximum absolute atomic E-state index is 12.0. The predicted molar refractivity (Wildman–Crippen MR) is 184 cm³/mol. The number of carbonyl (C=O) groups excluding carboxylic acids is 3. The summed E-state index contributed by atoms with van der Waals surface area (Å²) in [6.07, 6.45) is 30.3. The molecule has 8 heteroatoms. The van der Waals surface area contributed by atoms with Crippen LogP contribution in [0.2, 0.25) is 0 Å². The summed E-state index contributed by atoms with van der Waals surface area (Å²) >= 11 is 0. The summed E-state index contributed by atoms with van der Waals surface area (Å²) in [5.41, 5.74) is 0. The summed E-state index contributed by atoms with van der Waals surface area (Å²) in [6.45, 7) is 4.42. The van der Waals surface area contributed by atoms with Crippen molar-refractivity contribution in [2.75, 3.05) is 40.3 Å². The van der Waals surface area contributed by atoms with Gasteiger partial charge in [-0.1, -0.05) is 129 Å². The van der Waals surface area contributed by atoms with Gasteiger partial charge in [0.2, 0.25) is 17.7 Å². The molecule has 0 aromatic heterocycles. The molecular weight excluding hydrogens is 552 g/mol. The van der Waals surface area contributed by atoms with Gasteiger partial charge in [0, 0.05) is 38.9 Å². The number of carbonyl (C=O) groups is 3. The van der Waals surface area contributed by atoms with Crippen molar-refractivity contribution in [3.8, 4) is 0 Å². The highest BCUT2D eigenvalue weighted by Gasteiger charge is 2.09. The number of unbranched alkanes of at least 4 members (excludes halogenated alkanes) is 21. The van der Waals surface area contributed by atoms with Crippen LogP contribution >= 0.6 is 0 Å². The standard InChI is InChI=1S/C36H72N4O4/c1-4-5-6-7-8-9-10-11-12-13-14-15-16-17-18-19-20-21-24-27-34(41)38-31-32-39-36(43)29-28-35(42)37-30-25-22-23-26-33-40(2,3)44/h44H,4-33H2,1-3H3,(H2-,37,38,39,41,42,43)/p+1. The number of hydroxylamine groups is 3. The number of amides is 3. The molecule has 0 saturated heterocycles. The summed E-state index contributed by atoms with van der Waals surface area (Å²) in [4.78, 5) is 35.9. The van der Waals surface area contributed by atoms with Crippen molar-refractivity contribution >= 4 is 17.7 Å². The Morgan fingerprint density at radius 3 is 1.16 bits per heavy atom. The molecule has 0 bridgehead atoms. The van der Waals surface area contributed by atoms with E-state index < -0.39 is 0 Å². The average molecular weight is 626 g/mol. The van der Waals surface area contributed by atoms with Crippen LogP contribution in [0.1, 0.15) is 174 Å². The zero-order valence-corrected chi connectivity index (χ0v) is 29.3. The molecule has 44 heavy (non-hydrogen) atoms. The number of rotatable bonds is 33. The summed E-state index contributed by atoms with van der Waals surface area (Å²) in [5, 5.41) is 18.1. The van der Waals surface area contributed by atoms with E-state index in [-0.39, 0.29) is 35.2 Å². The quantitative estimate of drug-likeness (QED) is 0.0337. The molecule has 0 aromatic rings. The third kappa shape index (κ3) is 34.8. The lowest BCUT2D eigenvalue weighted by Crippen LogP contribution is -2.36. The van der Waals surface area contributed by atoms with E-state index >= 15 is 0 Å². The van der Waals surface area contributed by atoms with E-state index in [0.29, 0.717) is 26.1 Å². The summed E-state index contributed by atoms with van der Waals surface area (Å²) in [7, 11) is 3.52. The van der Waals surface area contributed by atoms with Gasteiger partial charge in [-0.2, -0.15) is 4.65 Å². The molecule has 0 rings (SSSR count). The largest absolute Gasteiger partial charge is 0.356 e. The molecule has 0 unspecified atom stereocenters. The molecule has 0 aliphatic carbocycles. The predicted octanol–water partition coefficient (Wildman–Crippen LogP) is 7.96. The number of quaternary nitrogens is 1. The lowest BCUT2D eigenvalue weighted by atomic mass is 10.0. The second-order valence-electron chi connectivity index (χ2n) is 13.4. The van der Waals surface area contributed by atoms with E-state index in [4.69, 9.17) is 0 Å². The molecule has 0 aliphatic heterocycles. The SMILES string of the molecule is CCCCCCCCCCCCCCCCCCCCCC(=O)NCCNC(=O)CCC(=O)NCCCCCC[N+](C)(C)O. The fourth-order valence-electron chi connectivity index (χ4n) is 5.47. The Morgan fingerprint density at radius 2 is 0.750 bits per heavy atom. The first kappa shape index (κ1) is 42.3. The van der Waals surface area contributed by atoms with Crippen LogP contribution in [0.4, 0.5) is 0 Å². The highest BCUT2D eigenvalue weighted by molar-refractivity contribution is 5.83. The molecule has 0 spiro atoms. The lowest BCUT2D eigenvalue weighted by molar-refractivity contribution is -1.07. The Balaban J connectivity index is 3.36. The van der Waals surface area contributed by atoms with Crippen molar-refractivity contribution < 1.29 is 24.2 Å². The molecule has 3 amide bonds. The van der Waals surface area contributed by atoms with Crippen molar-refractivity contribution in [3.05, 3.63) is 0 Å². The molecular formula is C36H73N4O4+. The minimum atomic E-state index is -0.169. The van der Waals surface area contributed by atoms with Crippen molar-refractivity contribution in [3.63, 3.8) is 0 Å². The maximum atomic E-state index is 12.0. The number of hydrogen-bond donors (Lipinski definition) is 4. The molecule has 0 atom stereocenters. The molecule has 0 fully saturated rings. The van der Waals surface area contributed by atoms with Gasteiger partial charge in [-0.25, -0.2) is 5.21 Å². The van der Waals surface area contributed by atoms with Gasteiger partial charge in [0.1, 0.15) is 6.54 Å². The van der Waals surface area contributed by atoms with E-state index in [9.17, 15) is 19.6 Å². The van der Waals surface area contributed by atoms with E-state index in [1.54, 1.807) is 14.1 Å². The number of hydrogen-bond acceptors (Lipinski definition) is 4. The Bertz CT molecular complexity index is 682. The molecule has 0 aromatic carbocycles. The zero-order valence-electron chi connectivity index (χ0n) is 29.3. The maximum Gasteiger partial charge on any atom is 0.220 e. The summed E-state index contributed by atoms with van der Waals surface area (Å²) < 4.78 is -0.00911. The van der Waals surface area contributed by atoms with E-state index in [1.165, 1.54) is 109 Å². The van der Waals surface area contributed by atoms with Crippen molar-refractivity contribution in [2.24, 2.45) is 0 Å². The number of nitrogens with one attached hydrogen (secondary N) is 3. The Morgan fingerprint density at radius 1 is 0.432 bits per heavy atom. The minimum absolute atomic E-state index is 0.00911. The van der Waals surface area contributed by atoms with Crippen LogP contribution in [-0.2, 0) is 14.4 Å². The lowest BCUT2D eigenvalue weighted by Gasteiger charge is -2.18. The normalized spacial score (nSPS) is 11.5. The van der Waals surface area contributed by atoms with Crippen molar-refractivity contribution in [1.82, 2.24) is 16.0 Å². The van der Waals surface area contributed by atoms with E-state index in [0.717, 1.165) is 45.1 Å². The zero-order chi connectivity index (χ0) is 32.6. The second-order valence-corrected chi connectivity index (χ2v) is 13.4. The molecule has 0 saturated carbocycles. The average Bonchev–Trinajstić information content (AvgIpc) is 2.98. The Kier molecular flexibility index (Phi) is 30.1. The van der Waals surface area contributed by atoms with Gasteiger partial charge in [-0.05, 0) is 25.7 Å². The smallest absolute Gasteiger partial charge is 0.220 e. The van der Waals surface area contributed by atoms with Crippen LogP contribution in [0.15, 0.2) is 0 Å². The molecule has 0 aliphatic rings. The first-order valence-corrected chi connectivity index (χ1v) is 18.6. The Labute approximate surface area is 271 Å². The number of nitrogens with zero attached hydrogens (tertiary/aromatic N) is 1. The van der Waals surface area contributed by atoms with Gasteiger partial charge in [-0.15, -0.1) is 0 Å². The van der Waals surface area contributed by atoms with Crippen LogP contribution in [0.5, 0.6) is 0 Å². The highest BCUT2D eigenvalue weighted by atomic mass is 16.5. The van der Waals surface area contributed by atoms with Gasteiger partial charge >= 0.3 is 0 Å². The molecule has 260 valence electrons. The van der Waals surface area contributed by atoms with Crippen molar-refractivity contribution in [2.45, 2.75) is 174 Å². The molecule has 0 radical (unpaired) electrons. The fourth-order valence-corrected chi connectivity index (χ4v) is 5.47. The molecule has 4 N–H and O–H groups in total. The van der Waals surface area contributed by atoms with Gasteiger partial charge in [0.05, 0.1) is 14.1 Å². The van der Waals surface area contributed by atoms with Gasteiger partial charge in [0.25, 0.3) is 0 Å². The highest BCUT2D eigenvalue weighted by Crippen LogP contribution is 2.15. The molecule has 0 heterocycles. The van der Waals surface area contributed by atoms with Crippen LogP contribution in [0, 0.1) is 0 Å². The Hall–Kier alpha value is -1.67. The van der Waals surface area contributed by atoms with Crippen LogP contribution in [0.3, 0.4) is 0 Å². The van der Waals surface area contributed by atoms with Crippen LogP contribution < -0.4 is 16.0 Å². The van der Waals surface area contributed by atoms with E-state index in [2.05, 4.69) is 22.9 Å². The fraction of sp³-hybridized carbons (Fsp3) is 0.917.